The summed E-state index contributed by atoms with van der Waals surface area (Å²) >= 11 is 1.26. The van der Waals surface area contributed by atoms with Crippen molar-refractivity contribution in [1.29, 1.82) is 0 Å². The minimum absolute atomic E-state index is 0.246. The van der Waals surface area contributed by atoms with Crippen LogP contribution in [-0.2, 0) is 16.9 Å². The third-order valence-electron chi connectivity index (χ3n) is 4.98. The van der Waals surface area contributed by atoms with E-state index in [4.69, 9.17) is 0 Å². The topological polar surface area (TPSA) is 94.2 Å². The summed E-state index contributed by atoms with van der Waals surface area (Å²) in [6, 6.07) is 1.86. The molecule has 1 aliphatic rings. The zero-order chi connectivity index (χ0) is 22.2. The highest BCUT2D eigenvalue weighted by molar-refractivity contribution is 7.93. The number of nitrogens with one attached hydrogen (secondary N) is 1. The number of rotatable bonds is 6. The SMILES string of the molecule is CC.Cc1cc(Nc2nccn3c(-c4cnn(C)c4)cnc23)sc1S(=O)(=O)CC1CC1. The van der Waals surface area contributed by atoms with Crippen molar-refractivity contribution < 1.29 is 8.42 Å². The summed E-state index contributed by atoms with van der Waals surface area (Å²) in [5.41, 5.74) is 3.30. The zero-order valence-corrected chi connectivity index (χ0v) is 19.7. The number of thiophene rings is 1. The van der Waals surface area contributed by atoms with E-state index in [1.54, 1.807) is 23.3 Å². The molecule has 0 unspecified atom stereocenters. The maximum atomic E-state index is 12.7. The molecule has 0 bridgehead atoms. The van der Waals surface area contributed by atoms with Crippen LogP contribution in [0.25, 0.3) is 16.9 Å². The number of fused-ring (bicyclic) bond motifs is 1. The molecule has 1 aliphatic carbocycles. The first-order chi connectivity index (χ1) is 14.9. The van der Waals surface area contributed by atoms with E-state index in [1.165, 1.54) is 11.3 Å². The van der Waals surface area contributed by atoms with Crippen molar-refractivity contribution in [3.63, 3.8) is 0 Å². The van der Waals surface area contributed by atoms with Crippen molar-refractivity contribution in [2.45, 2.75) is 37.8 Å². The van der Waals surface area contributed by atoms with Gasteiger partial charge < -0.3 is 5.32 Å². The molecule has 0 amide bonds. The number of aromatic nitrogens is 5. The van der Waals surface area contributed by atoms with Gasteiger partial charge in [0.25, 0.3) is 0 Å². The molecular formula is C21H26N6O2S2. The molecule has 31 heavy (non-hydrogen) atoms. The van der Waals surface area contributed by atoms with Gasteiger partial charge in [-0.05, 0) is 37.3 Å². The molecule has 0 aliphatic heterocycles. The van der Waals surface area contributed by atoms with Crippen LogP contribution in [0.4, 0.5) is 10.8 Å². The number of aryl methyl sites for hydroxylation is 2. The van der Waals surface area contributed by atoms with E-state index >= 15 is 0 Å². The fourth-order valence-electron chi connectivity index (χ4n) is 3.40. The number of hydrogen-bond acceptors (Lipinski definition) is 7. The van der Waals surface area contributed by atoms with Crippen molar-refractivity contribution in [3.8, 4) is 11.3 Å². The maximum absolute atomic E-state index is 12.7. The van der Waals surface area contributed by atoms with Crippen LogP contribution in [0.5, 0.6) is 0 Å². The highest BCUT2D eigenvalue weighted by Gasteiger charge is 2.31. The highest BCUT2D eigenvalue weighted by atomic mass is 32.2. The lowest BCUT2D eigenvalue weighted by molar-refractivity contribution is 0.594. The lowest BCUT2D eigenvalue weighted by Gasteiger charge is -2.05. The summed E-state index contributed by atoms with van der Waals surface area (Å²) in [5, 5.41) is 8.22. The van der Waals surface area contributed by atoms with E-state index in [2.05, 4.69) is 20.4 Å². The fraction of sp³-hybridized carbons (Fsp3) is 0.381. The molecule has 5 rings (SSSR count). The van der Waals surface area contributed by atoms with Crippen LogP contribution in [0.15, 0.2) is 41.3 Å². The fourth-order valence-corrected chi connectivity index (χ4v) is 6.84. The van der Waals surface area contributed by atoms with Gasteiger partial charge in [0.15, 0.2) is 21.3 Å². The molecule has 8 nitrogen and oxygen atoms in total. The minimum atomic E-state index is -3.24. The normalized spacial score (nSPS) is 13.8. The lowest BCUT2D eigenvalue weighted by Crippen LogP contribution is -2.07. The molecular weight excluding hydrogens is 432 g/mol. The predicted octanol–water partition coefficient (Wildman–Crippen LogP) is 4.45. The predicted molar refractivity (Wildman–Crippen MR) is 124 cm³/mol. The second-order valence-corrected chi connectivity index (χ2v) is 10.7. The average molecular weight is 459 g/mol. The summed E-state index contributed by atoms with van der Waals surface area (Å²) in [6.45, 7) is 5.84. The largest absolute Gasteiger partial charge is 0.329 e. The van der Waals surface area contributed by atoms with Crippen LogP contribution in [-0.4, -0.2) is 38.3 Å². The second-order valence-electron chi connectivity index (χ2n) is 7.45. The summed E-state index contributed by atoms with van der Waals surface area (Å²) in [6.07, 6.45) is 11.1. The monoisotopic (exact) mass is 458 g/mol. The molecule has 0 aromatic carbocycles. The van der Waals surface area contributed by atoms with E-state index in [9.17, 15) is 8.42 Å². The number of imidazole rings is 1. The molecule has 0 spiro atoms. The third kappa shape index (κ3) is 4.35. The number of anilines is 2. The molecule has 0 saturated heterocycles. The van der Waals surface area contributed by atoms with Crippen molar-refractivity contribution in [2.24, 2.45) is 13.0 Å². The summed E-state index contributed by atoms with van der Waals surface area (Å²) in [5.74, 6) is 1.15. The molecule has 10 heteroatoms. The first-order valence-electron chi connectivity index (χ1n) is 10.3. The van der Waals surface area contributed by atoms with E-state index in [-0.39, 0.29) is 5.75 Å². The summed E-state index contributed by atoms with van der Waals surface area (Å²) in [7, 11) is -1.37. The van der Waals surface area contributed by atoms with Gasteiger partial charge in [0.05, 0.1) is 28.8 Å². The Morgan fingerprint density at radius 3 is 2.68 bits per heavy atom. The van der Waals surface area contributed by atoms with Crippen LogP contribution in [0.3, 0.4) is 0 Å². The van der Waals surface area contributed by atoms with Crippen LogP contribution >= 0.6 is 11.3 Å². The minimum Gasteiger partial charge on any atom is -0.329 e. The molecule has 4 heterocycles. The Kier molecular flexibility index (Phi) is 5.85. The van der Waals surface area contributed by atoms with E-state index in [0.29, 0.717) is 21.6 Å². The second kappa shape index (κ2) is 8.43. The molecule has 1 saturated carbocycles. The van der Waals surface area contributed by atoms with Gasteiger partial charge in [-0.3, -0.25) is 9.08 Å². The van der Waals surface area contributed by atoms with E-state index in [0.717, 1.165) is 34.7 Å². The van der Waals surface area contributed by atoms with Crippen molar-refractivity contribution in [3.05, 3.63) is 42.6 Å². The number of hydrogen-bond donors (Lipinski definition) is 1. The van der Waals surface area contributed by atoms with Crippen LogP contribution in [0.1, 0.15) is 32.3 Å². The van der Waals surface area contributed by atoms with Gasteiger partial charge in [-0.2, -0.15) is 5.10 Å². The van der Waals surface area contributed by atoms with Crippen LogP contribution < -0.4 is 5.32 Å². The highest BCUT2D eigenvalue weighted by Crippen LogP contribution is 2.38. The van der Waals surface area contributed by atoms with Gasteiger partial charge in [0.1, 0.15) is 4.21 Å². The van der Waals surface area contributed by atoms with Gasteiger partial charge in [0, 0.05) is 31.2 Å². The van der Waals surface area contributed by atoms with Crippen molar-refractivity contribution >= 4 is 37.6 Å². The van der Waals surface area contributed by atoms with Gasteiger partial charge in [-0.25, -0.2) is 18.4 Å². The average Bonchev–Trinajstić information content (AvgIpc) is 3.12. The Labute approximate surface area is 185 Å². The van der Waals surface area contributed by atoms with Crippen molar-refractivity contribution in [1.82, 2.24) is 24.1 Å². The molecule has 4 aromatic heterocycles. The molecule has 1 fully saturated rings. The first-order valence-corrected chi connectivity index (χ1v) is 12.8. The van der Waals surface area contributed by atoms with E-state index in [1.807, 2.05) is 50.7 Å². The van der Waals surface area contributed by atoms with E-state index < -0.39 is 9.84 Å². The maximum Gasteiger partial charge on any atom is 0.188 e. The molecule has 4 aromatic rings. The van der Waals surface area contributed by atoms with Gasteiger partial charge in [0.2, 0.25) is 0 Å². The quantitative estimate of drug-likeness (QED) is 0.459. The number of sulfone groups is 1. The summed E-state index contributed by atoms with van der Waals surface area (Å²) < 4.78 is 29.5. The first kappa shape index (κ1) is 21.5. The Balaban J connectivity index is 0.00000112. The van der Waals surface area contributed by atoms with Crippen molar-refractivity contribution in [2.75, 3.05) is 11.1 Å². The molecule has 0 atom stereocenters. The Morgan fingerprint density at radius 1 is 1.23 bits per heavy atom. The molecule has 164 valence electrons. The third-order valence-corrected chi connectivity index (χ3v) is 8.73. The van der Waals surface area contributed by atoms with Crippen LogP contribution in [0, 0.1) is 12.8 Å². The van der Waals surface area contributed by atoms with Gasteiger partial charge >= 0.3 is 0 Å². The smallest absolute Gasteiger partial charge is 0.188 e. The Bertz CT molecular complexity index is 1310. The zero-order valence-electron chi connectivity index (χ0n) is 18.0. The standard InChI is InChI=1S/C19H20N6O2S2.C2H6/c1-12-7-16(28-19(12)29(26,27)11-13-3-4-13)23-17-18-21-9-15(25(18)6-5-20-17)14-8-22-24(2)10-14;1-2/h5-10,13H,3-4,11H2,1-2H3,(H,20,23);1-2H3. The van der Waals surface area contributed by atoms with Crippen LogP contribution in [0.2, 0.25) is 0 Å². The summed E-state index contributed by atoms with van der Waals surface area (Å²) in [4.78, 5) is 8.93. The van der Waals surface area contributed by atoms with Gasteiger partial charge in [-0.15, -0.1) is 11.3 Å². The Hall–Kier alpha value is -2.72. The molecule has 1 N–H and O–H groups in total. The lowest BCUT2D eigenvalue weighted by atomic mass is 10.3. The molecule has 0 radical (unpaired) electrons. The number of nitrogens with zero attached hydrogens (tertiary/aromatic N) is 5. The Morgan fingerprint density at radius 2 is 2.00 bits per heavy atom. The van der Waals surface area contributed by atoms with Gasteiger partial charge in [-0.1, -0.05) is 13.8 Å².